The Morgan fingerprint density at radius 1 is 1.04 bits per heavy atom. The van der Waals surface area contributed by atoms with E-state index in [0.717, 1.165) is 24.7 Å². The van der Waals surface area contributed by atoms with Crippen LogP contribution in [0.1, 0.15) is 79.6 Å². The first-order valence-corrected chi connectivity index (χ1v) is 10.8. The molecular formula is C23H38O3. The lowest BCUT2D eigenvalue weighted by molar-refractivity contribution is -0.142. The lowest BCUT2D eigenvalue weighted by Gasteiger charge is -2.59. The van der Waals surface area contributed by atoms with Gasteiger partial charge in [0.15, 0.2) is 0 Å². The second-order valence-corrected chi connectivity index (χ2v) is 11.1. The highest BCUT2D eigenvalue weighted by Gasteiger charge is 2.60. The zero-order valence-electron chi connectivity index (χ0n) is 17.3. The third-order valence-corrected chi connectivity index (χ3v) is 8.54. The predicted octanol–water partition coefficient (Wildman–Crippen LogP) is 4.46. The van der Waals surface area contributed by atoms with E-state index in [4.69, 9.17) is 4.74 Å². The van der Waals surface area contributed by atoms with Gasteiger partial charge in [0.1, 0.15) is 0 Å². The molecule has 3 fully saturated rings. The van der Waals surface area contributed by atoms with Gasteiger partial charge in [0.05, 0.1) is 23.9 Å². The normalized spacial score (nSPS) is 51.3. The van der Waals surface area contributed by atoms with E-state index >= 15 is 0 Å². The van der Waals surface area contributed by atoms with Crippen LogP contribution < -0.4 is 0 Å². The van der Waals surface area contributed by atoms with Crippen LogP contribution in [0.25, 0.3) is 0 Å². The van der Waals surface area contributed by atoms with Gasteiger partial charge in [-0.1, -0.05) is 25.5 Å². The maximum absolute atomic E-state index is 10.4. The Hall–Kier alpha value is -0.380. The van der Waals surface area contributed by atoms with Gasteiger partial charge in [-0.2, -0.15) is 0 Å². The average Bonchev–Trinajstić information content (AvgIpc) is 2.84. The number of hydrogen-bond donors (Lipinski definition) is 2. The van der Waals surface area contributed by atoms with E-state index in [-0.39, 0.29) is 11.0 Å². The van der Waals surface area contributed by atoms with Crippen LogP contribution in [0.4, 0.5) is 0 Å². The number of rotatable bonds is 1. The fourth-order valence-corrected chi connectivity index (χ4v) is 7.33. The number of allylic oxidation sites excluding steroid dienone is 1. The van der Waals surface area contributed by atoms with Crippen molar-refractivity contribution in [2.75, 3.05) is 0 Å². The Labute approximate surface area is 159 Å². The van der Waals surface area contributed by atoms with Crippen molar-refractivity contribution in [2.24, 2.45) is 28.6 Å². The first kappa shape index (κ1) is 19.0. The SMILES string of the molecule is CC(C)(C)OC1CC[C@H]2[C@@H]3CCC4=CC(O)C(O)C[C@]4(C)[C@H]3CC[C@]12C. The zero-order valence-corrected chi connectivity index (χ0v) is 17.3. The molecule has 0 aliphatic heterocycles. The smallest absolute Gasteiger partial charge is 0.0983 e. The molecule has 0 heterocycles. The first-order valence-electron chi connectivity index (χ1n) is 10.8. The van der Waals surface area contributed by atoms with Crippen molar-refractivity contribution in [1.29, 1.82) is 0 Å². The lowest BCUT2D eigenvalue weighted by Crippen LogP contribution is -2.54. The number of aliphatic hydroxyl groups excluding tert-OH is 2. The predicted molar refractivity (Wildman–Crippen MR) is 104 cm³/mol. The van der Waals surface area contributed by atoms with Crippen molar-refractivity contribution in [3.63, 3.8) is 0 Å². The van der Waals surface area contributed by atoms with Gasteiger partial charge in [-0.05, 0) is 94.3 Å². The van der Waals surface area contributed by atoms with Crippen LogP contribution in [0.3, 0.4) is 0 Å². The van der Waals surface area contributed by atoms with E-state index in [9.17, 15) is 10.2 Å². The van der Waals surface area contributed by atoms with E-state index in [1.54, 1.807) is 0 Å². The Morgan fingerprint density at radius 3 is 2.46 bits per heavy atom. The molecule has 3 saturated carbocycles. The molecule has 3 nitrogen and oxygen atoms in total. The van der Waals surface area contributed by atoms with Crippen molar-refractivity contribution in [3.05, 3.63) is 11.6 Å². The molecule has 0 radical (unpaired) electrons. The summed E-state index contributed by atoms with van der Waals surface area (Å²) in [6, 6.07) is 0. The summed E-state index contributed by atoms with van der Waals surface area (Å²) in [7, 11) is 0. The second-order valence-electron chi connectivity index (χ2n) is 11.1. The molecule has 8 atom stereocenters. The topological polar surface area (TPSA) is 49.7 Å². The summed E-state index contributed by atoms with van der Waals surface area (Å²) in [5.74, 6) is 2.14. The average molecular weight is 363 g/mol. The highest BCUT2D eigenvalue weighted by atomic mass is 16.5. The molecule has 0 aromatic rings. The Morgan fingerprint density at radius 2 is 1.77 bits per heavy atom. The van der Waals surface area contributed by atoms with Crippen LogP contribution >= 0.6 is 0 Å². The van der Waals surface area contributed by atoms with Crippen LogP contribution in [0, 0.1) is 28.6 Å². The van der Waals surface area contributed by atoms with Gasteiger partial charge in [0, 0.05) is 0 Å². The lowest BCUT2D eigenvalue weighted by atomic mass is 9.47. The summed E-state index contributed by atoms with van der Waals surface area (Å²) in [5.41, 5.74) is 1.72. The molecule has 0 aromatic carbocycles. The van der Waals surface area contributed by atoms with E-state index < -0.39 is 12.2 Å². The van der Waals surface area contributed by atoms with Gasteiger partial charge < -0.3 is 14.9 Å². The van der Waals surface area contributed by atoms with Gasteiger partial charge in [-0.25, -0.2) is 0 Å². The minimum absolute atomic E-state index is 0.0719. The highest BCUT2D eigenvalue weighted by Crippen LogP contribution is 2.66. The second kappa shape index (κ2) is 6.06. The molecule has 148 valence electrons. The quantitative estimate of drug-likeness (QED) is 0.677. The van der Waals surface area contributed by atoms with E-state index in [2.05, 4.69) is 34.6 Å². The van der Waals surface area contributed by atoms with Crippen LogP contribution in [0.2, 0.25) is 0 Å². The summed E-state index contributed by atoms with van der Waals surface area (Å²) in [4.78, 5) is 0. The minimum atomic E-state index is -0.667. The summed E-state index contributed by atoms with van der Waals surface area (Å²) in [5, 5.41) is 20.5. The van der Waals surface area contributed by atoms with E-state index in [0.29, 0.717) is 17.4 Å². The molecule has 3 unspecified atom stereocenters. The molecule has 26 heavy (non-hydrogen) atoms. The van der Waals surface area contributed by atoms with Gasteiger partial charge in [0.25, 0.3) is 0 Å². The largest absolute Gasteiger partial charge is 0.390 e. The third-order valence-electron chi connectivity index (χ3n) is 8.54. The Balaban J connectivity index is 1.60. The first-order chi connectivity index (χ1) is 12.0. The maximum atomic E-state index is 10.4. The fraction of sp³-hybridized carbons (Fsp3) is 0.913. The molecule has 0 aromatic heterocycles. The fourth-order valence-electron chi connectivity index (χ4n) is 7.33. The van der Waals surface area contributed by atoms with Crippen LogP contribution in [0.15, 0.2) is 11.6 Å². The van der Waals surface area contributed by atoms with Crippen molar-refractivity contribution < 1.29 is 14.9 Å². The monoisotopic (exact) mass is 362 g/mol. The molecule has 4 aliphatic carbocycles. The number of fused-ring (bicyclic) bond motifs is 5. The van der Waals surface area contributed by atoms with Gasteiger partial charge in [-0.15, -0.1) is 0 Å². The summed E-state index contributed by atoms with van der Waals surface area (Å²) < 4.78 is 6.53. The standard InChI is InChI=1S/C23H38O3/c1-21(2,3)26-20-9-8-16-15-7-6-14-12-18(24)19(25)13-23(14,5)17(15)10-11-22(16,20)4/h12,15-20,24-25H,6-11,13H2,1-5H3/t15-,16-,17-,18?,19?,20?,22-,23-/m0/s1. The third kappa shape index (κ3) is 2.81. The van der Waals surface area contributed by atoms with E-state index in [1.165, 1.54) is 37.7 Å². The summed E-state index contributed by atoms with van der Waals surface area (Å²) in [6.45, 7) is 11.4. The number of ether oxygens (including phenoxy) is 1. The molecular weight excluding hydrogens is 324 g/mol. The molecule has 4 aliphatic rings. The van der Waals surface area contributed by atoms with Crippen molar-refractivity contribution in [2.45, 2.75) is 103 Å². The van der Waals surface area contributed by atoms with Crippen LogP contribution in [-0.2, 0) is 4.74 Å². The summed E-state index contributed by atoms with van der Waals surface area (Å²) in [6.07, 6.45) is 9.13. The molecule has 3 heteroatoms. The van der Waals surface area contributed by atoms with Crippen LogP contribution in [0.5, 0.6) is 0 Å². The molecule has 0 amide bonds. The molecule has 0 saturated heterocycles. The van der Waals surface area contributed by atoms with Gasteiger partial charge in [-0.3, -0.25) is 0 Å². The van der Waals surface area contributed by atoms with E-state index in [1.807, 2.05) is 6.08 Å². The van der Waals surface area contributed by atoms with Crippen molar-refractivity contribution in [1.82, 2.24) is 0 Å². The molecule has 4 rings (SSSR count). The number of aliphatic hydroxyl groups is 2. The maximum Gasteiger partial charge on any atom is 0.0983 e. The Bertz CT molecular complexity index is 591. The minimum Gasteiger partial charge on any atom is -0.390 e. The highest BCUT2D eigenvalue weighted by molar-refractivity contribution is 5.26. The summed E-state index contributed by atoms with van der Waals surface area (Å²) >= 11 is 0. The van der Waals surface area contributed by atoms with Crippen molar-refractivity contribution in [3.8, 4) is 0 Å². The van der Waals surface area contributed by atoms with Gasteiger partial charge in [0.2, 0.25) is 0 Å². The molecule has 0 spiro atoms. The van der Waals surface area contributed by atoms with Crippen LogP contribution in [-0.4, -0.2) is 34.1 Å². The zero-order chi connectivity index (χ0) is 18.9. The number of hydrogen-bond acceptors (Lipinski definition) is 3. The molecule has 2 N–H and O–H groups in total. The molecule has 0 bridgehead atoms. The van der Waals surface area contributed by atoms with Gasteiger partial charge >= 0.3 is 0 Å². The Kier molecular flexibility index (Phi) is 4.42. The van der Waals surface area contributed by atoms with Crippen molar-refractivity contribution >= 4 is 0 Å².